The summed E-state index contributed by atoms with van der Waals surface area (Å²) in [6.45, 7) is 0. The van der Waals surface area contributed by atoms with Crippen LogP contribution in [-0.4, -0.2) is 0 Å². The van der Waals surface area contributed by atoms with Crippen LogP contribution in [0.4, 0.5) is 10.1 Å². The van der Waals surface area contributed by atoms with Crippen LogP contribution in [0.3, 0.4) is 0 Å². The molecular weight excluding hydrogens is 105 g/mol. The van der Waals surface area contributed by atoms with Crippen molar-refractivity contribution >= 4 is 5.69 Å². The Kier molecular flexibility index (Phi) is 1.16. The van der Waals surface area contributed by atoms with Crippen molar-refractivity contribution in [3.05, 3.63) is 30.1 Å². The molecule has 8 heavy (non-hydrogen) atoms. The predicted octanol–water partition coefficient (Wildman–Crippen LogP) is 1.21. The van der Waals surface area contributed by atoms with Crippen LogP contribution < -0.4 is 5.73 Å². The van der Waals surface area contributed by atoms with Gasteiger partial charge in [-0.05, 0) is 6.07 Å². The predicted molar refractivity (Wildman–Crippen MR) is 29.6 cm³/mol. The zero-order chi connectivity index (χ0) is 5.98. The molecular formula is C6H5FN. The third-order valence-electron chi connectivity index (χ3n) is 0.835. The van der Waals surface area contributed by atoms with Crippen LogP contribution in [0.2, 0.25) is 0 Å². The number of rotatable bonds is 0. The largest absolute Gasteiger partial charge is 0.396 e. The molecule has 0 aliphatic rings. The standard InChI is InChI=1S/C6H5FN/c7-5-3-1-2-4-6(5)8/h1-3H,8H2. The molecule has 0 saturated carbocycles. The van der Waals surface area contributed by atoms with Gasteiger partial charge in [0.15, 0.2) is 0 Å². The van der Waals surface area contributed by atoms with Crippen molar-refractivity contribution in [3.63, 3.8) is 0 Å². The minimum absolute atomic E-state index is 0.0764. The van der Waals surface area contributed by atoms with E-state index in [1.54, 1.807) is 12.1 Å². The van der Waals surface area contributed by atoms with Crippen LogP contribution in [0, 0.1) is 11.9 Å². The zero-order valence-electron chi connectivity index (χ0n) is 4.19. The minimum Gasteiger partial charge on any atom is -0.396 e. The van der Waals surface area contributed by atoms with Crippen molar-refractivity contribution in [3.8, 4) is 0 Å². The van der Waals surface area contributed by atoms with Gasteiger partial charge in [0, 0.05) is 6.07 Å². The third kappa shape index (κ3) is 0.780. The molecule has 0 spiro atoms. The maximum Gasteiger partial charge on any atom is 0.146 e. The number of nitrogen functional groups attached to an aromatic ring is 1. The molecule has 0 amide bonds. The zero-order valence-corrected chi connectivity index (χ0v) is 4.19. The highest BCUT2D eigenvalue weighted by molar-refractivity contribution is 5.36. The quantitative estimate of drug-likeness (QED) is 0.499. The van der Waals surface area contributed by atoms with Crippen LogP contribution in [0.5, 0.6) is 0 Å². The van der Waals surface area contributed by atoms with E-state index in [4.69, 9.17) is 5.73 Å². The van der Waals surface area contributed by atoms with Crippen LogP contribution in [0.25, 0.3) is 0 Å². The monoisotopic (exact) mass is 110 g/mol. The van der Waals surface area contributed by atoms with Crippen molar-refractivity contribution in [1.82, 2.24) is 0 Å². The molecule has 0 aliphatic carbocycles. The van der Waals surface area contributed by atoms with Gasteiger partial charge in [0.1, 0.15) is 5.82 Å². The van der Waals surface area contributed by atoms with Crippen molar-refractivity contribution < 1.29 is 4.39 Å². The summed E-state index contributed by atoms with van der Waals surface area (Å²) < 4.78 is 12.2. The van der Waals surface area contributed by atoms with Crippen molar-refractivity contribution in [2.75, 3.05) is 5.73 Å². The van der Waals surface area contributed by atoms with E-state index in [0.717, 1.165) is 0 Å². The Morgan fingerprint density at radius 2 is 2.38 bits per heavy atom. The second-order valence-electron chi connectivity index (χ2n) is 1.43. The SMILES string of the molecule is Nc1[c]cccc1F. The number of nitrogens with two attached hydrogens (primary N) is 1. The third-order valence-corrected chi connectivity index (χ3v) is 0.835. The van der Waals surface area contributed by atoms with E-state index in [1.807, 2.05) is 0 Å². The first-order valence-corrected chi connectivity index (χ1v) is 2.22. The molecule has 41 valence electrons. The van der Waals surface area contributed by atoms with Crippen LogP contribution >= 0.6 is 0 Å². The molecule has 0 aliphatic heterocycles. The van der Waals surface area contributed by atoms with Gasteiger partial charge in [0.2, 0.25) is 0 Å². The van der Waals surface area contributed by atoms with Gasteiger partial charge in [-0.2, -0.15) is 0 Å². The van der Waals surface area contributed by atoms with Gasteiger partial charge in [-0.25, -0.2) is 4.39 Å². The number of anilines is 1. The summed E-state index contributed by atoms with van der Waals surface area (Å²) in [7, 11) is 0. The fourth-order valence-electron chi connectivity index (χ4n) is 0.429. The first-order chi connectivity index (χ1) is 3.80. The lowest BCUT2D eigenvalue weighted by Gasteiger charge is -1.89. The highest BCUT2D eigenvalue weighted by Gasteiger charge is 1.90. The number of benzene rings is 1. The molecule has 1 rings (SSSR count). The average molecular weight is 110 g/mol. The van der Waals surface area contributed by atoms with Gasteiger partial charge in [0.25, 0.3) is 0 Å². The molecule has 2 heteroatoms. The molecule has 1 radical (unpaired) electrons. The summed E-state index contributed by atoms with van der Waals surface area (Å²) in [5.74, 6) is -0.410. The Labute approximate surface area is 46.9 Å². The lowest BCUT2D eigenvalue weighted by molar-refractivity contribution is 0.632. The molecule has 2 N–H and O–H groups in total. The van der Waals surface area contributed by atoms with E-state index in [1.165, 1.54) is 6.07 Å². The highest BCUT2D eigenvalue weighted by atomic mass is 19.1. The molecule has 0 atom stereocenters. The average Bonchev–Trinajstić information content (AvgIpc) is 1.77. The second kappa shape index (κ2) is 1.82. The lowest BCUT2D eigenvalue weighted by Crippen LogP contribution is -1.87. The minimum atomic E-state index is -0.410. The molecule has 0 unspecified atom stereocenters. The smallest absolute Gasteiger partial charge is 0.146 e. The Bertz CT molecular complexity index is 165. The summed E-state index contributed by atoms with van der Waals surface area (Å²) in [6, 6.07) is 6.91. The molecule has 0 aromatic heterocycles. The summed E-state index contributed by atoms with van der Waals surface area (Å²) >= 11 is 0. The summed E-state index contributed by atoms with van der Waals surface area (Å²) in [5, 5.41) is 0. The topological polar surface area (TPSA) is 26.0 Å². The molecule has 0 heterocycles. The van der Waals surface area contributed by atoms with Crippen molar-refractivity contribution in [2.45, 2.75) is 0 Å². The van der Waals surface area contributed by atoms with E-state index in [0.29, 0.717) is 0 Å². The van der Waals surface area contributed by atoms with Gasteiger partial charge in [0.05, 0.1) is 5.69 Å². The fourth-order valence-corrected chi connectivity index (χ4v) is 0.429. The van der Waals surface area contributed by atoms with E-state index < -0.39 is 5.82 Å². The Balaban J connectivity index is 3.13. The Morgan fingerprint density at radius 1 is 1.62 bits per heavy atom. The van der Waals surface area contributed by atoms with Gasteiger partial charge >= 0.3 is 0 Å². The Hall–Kier alpha value is -1.05. The maximum atomic E-state index is 12.2. The summed E-state index contributed by atoms with van der Waals surface area (Å²) in [4.78, 5) is 0. The lowest BCUT2D eigenvalue weighted by atomic mass is 10.3. The number of para-hydroxylation sites is 1. The molecule has 1 aromatic rings. The van der Waals surface area contributed by atoms with E-state index in [9.17, 15) is 4.39 Å². The highest BCUT2D eigenvalue weighted by Crippen LogP contribution is 2.04. The van der Waals surface area contributed by atoms with Crippen molar-refractivity contribution in [1.29, 1.82) is 0 Å². The van der Waals surface area contributed by atoms with E-state index in [2.05, 4.69) is 6.07 Å². The molecule has 1 aromatic carbocycles. The van der Waals surface area contributed by atoms with Crippen LogP contribution in [-0.2, 0) is 0 Å². The molecule has 0 bridgehead atoms. The molecule has 0 saturated heterocycles. The van der Waals surface area contributed by atoms with Crippen LogP contribution in [0.1, 0.15) is 0 Å². The van der Waals surface area contributed by atoms with E-state index in [-0.39, 0.29) is 5.69 Å². The van der Waals surface area contributed by atoms with Gasteiger partial charge in [-0.15, -0.1) is 0 Å². The molecule has 1 nitrogen and oxygen atoms in total. The summed E-state index contributed by atoms with van der Waals surface area (Å²) in [5.41, 5.74) is 5.17. The van der Waals surface area contributed by atoms with Gasteiger partial charge in [-0.1, -0.05) is 12.1 Å². The first-order valence-electron chi connectivity index (χ1n) is 2.22. The first kappa shape index (κ1) is 5.09. The Morgan fingerprint density at radius 3 is 2.75 bits per heavy atom. The van der Waals surface area contributed by atoms with Crippen molar-refractivity contribution in [2.24, 2.45) is 0 Å². The second-order valence-corrected chi connectivity index (χ2v) is 1.43. The fraction of sp³-hybridized carbons (Fsp3) is 0. The summed E-state index contributed by atoms with van der Waals surface area (Å²) in [6.07, 6.45) is 0. The number of halogens is 1. The van der Waals surface area contributed by atoms with E-state index >= 15 is 0 Å². The number of hydrogen-bond donors (Lipinski definition) is 1. The normalized spacial score (nSPS) is 9.12. The van der Waals surface area contributed by atoms with Gasteiger partial charge in [-0.3, -0.25) is 0 Å². The molecule has 0 fully saturated rings. The van der Waals surface area contributed by atoms with Gasteiger partial charge < -0.3 is 5.73 Å². The van der Waals surface area contributed by atoms with Crippen LogP contribution in [0.15, 0.2) is 18.2 Å². The maximum absolute atomic E-state index is 12.2. The number of hydrogen-bond acceptors (Lipinski definition) is 1.